The van der Waals surface area contributed by atoms with E-state index < -0.39 is 7.74 Å². The van der Waals surface area contributed by atoms with Gasteiger partial charge in [-0.1, -0.05) is 0 Å². The molecule has 0 bridgehead atoms. The van der Waals surface area contributed by atoms with Crippen LogP contribution >= 0.6 is 42.0 Å². The van der Waals surface area contributed by atoms with Crippen LogP contribution in [0.25, 0.3) is 0 Å². The fraction of sp³-hybridized carbons (Fsp3) is 0.0714. The van der Waals surface area contributed by atoms with Crippen molar-refractivity contribution in [3.63, 3.8) is 0 Å². The quantitative estimate of drug-likeness (QED) is 0.405. The summed E-state index contributed by atoms with van der Waals surface area (Å²) in [5, 5.41) is 0. The molecule has 0 heterocycles. The first kappa shape index (κ1) is 15.5. The third kappa shape index (κ3) is 4.03. The van der Waals surface area contributed by atoms with Gasteiger partial charge in [0.2, 0.25) is 0 Å². The van der Waals surface area contributed by atoms with Crippen LogP contribution in [0, 0.1) is 0 Å². The van der Waals surface area contributed by atoms with Gasteiger partial charge in [-0.25, -0.2) is 0 Å². The second kappa shape index (κ2) is 6.70. The zero-order valence-corrected chi connectivity index (χ0v) is 16.7. The summed E-state index contributed by atoms with van der Waals surface area (Å²) in [6.07, 6.45) is 0. The number of ketones is 1. The summed E-state index contributed by atoms with van der Waals surface area (Å²) in [5.41, 5.74) is 1.77. The molecule has 0 aliphatic carbocycles. The van der Waals surface area contributed by atoms with Crippen molar-refractivity contribution < 1.29 is 4.79 Å². The predicted molar refractivity (Wildman–Crippen MR) is 92.5 cm³/mol. The van der Waals surface area contributed by atoms with Crippen molar-refractivity contribution in [3.05, 3.63) is 71.8 Å². The van der Waals surface area contributed by atoms with Crippen LogP contribution in [-0.4, -0.2) is 13.5 Å². The van der Waals surface area contributed by atoms with E-state index in [0.29, 0.717) is 0 Å². The monoisotopic (exact) mass is 506 g/mol. The van der Waals surface area contributed by atoms with Crippen LogP contribution in [0.2, 0.25) is 0 Å². The summed E-state index contributed by atoms with van der Waals surface area (Å²) < 4.78 is -0.177. The van der Waals surface area contributed by atoms with Crippen molar-refractivity contribution in [2.75, 3.05) is 0 Å². The first-order chi connectivity index (χ1) is 9.00. The maximum atomic E-state index is 12.7. The molecule has 0 aliphatic heterocycles. The Morgan fingerprint density at radius 1 is 0.842 bits per heavy atom. The number of benzene rings is 2. The third-order valence-corrected chi connectivity index (χ3v) is 12.5. The number of rotatable bonds is 4. The van der Waals surface area contributed by atoms with Crippen molar-refractivity contribution in [1.82, 2.24) is 0 Å². The number of carbonyl (C=O) groups is 1. The molecule has 19 heavy (non-hydrogen) atoms. The van der Waals surface area contributed by atoms with Crippen LogP contribution < -0.4 is 0 Å². The molecule has 1 nitrogen and oxygen atoms in total. The Morgan fingerprint density at radius 2 is 1.32 bits per heavy atom. The van der Waals surface area contributed by atoms with Crippen LogP contribution in [0.4, 0.5) is 0 Å². The fourth-order valence-corrected chi connectivity index (χ4v) is 11.4. The molecule has 0 spiro atoms. The molecule has 98 valence electrons. The first-order valence-electron chi connectivity index (χ1n) is 5.71. The second-order valence-electron chi connectivity index (χ2n) is 4.12. The van der Waals surface area contributed by atoms with E-state index >= 15 is 0 Å². The summed E-state index contributed by atoms with van der Waals surface area (Å²) >= 11 is 11.0. The minimum absolute atomic E-state index is 0.137. The Hall–Kier alpha value is 0.0929. The average Bonchev–Trinajstić information content (AvgIpc) is 2.39. The number of hydrogen-bond acceptors (Lipinski definition) is 1. The standard InChI is InChI=1S/C14H11Br3GeO/c15-18(16,17)13(11-7-3-1-4-8-11)14(19)12-9-5-2-6-10-12/h1-10,13H. The van der Waals surface area contributed by atoms with Crippen molar-refractivity contribution >= 4 is 55.5 Å². The van der Waals surface area contributed by atoms with Gasteiger partial charge in [-0.2, -0.15) is 0 Å². The Kier molecular flexibility index (Phi) is 5.46. The Bertz CT molecular complexity index is 552. The molecule has 0 fully saturated rings. The molecular formula is C14H11Br3GeO. The van der Waals surface area contributed by atoms with E-state index in [1.54, 1.807) is 0 Å². The number of Topliss-reactive ketones (excluding diaryl/α,β-unsaturated/α-hetero) is 1. The maximum absolute atomic E-state index is 12.7. The van der Waals surface area contributed by atoms with Crippen molar-refractivity contribution in [1.29, 1.82) is 0 Å². The number of hydrogen-bond donors (Lipinski definition) is 0. The van der Waals surface area contributed by atoms with Gasteiger partial charge in [-0.05, 0) is 0 Å². The molecule has 0 aliphatic rings. The Balaban J connectivity index is 2.43. The van der Waals surface area contributed by atoms with Gasteiger partial charge >= 0.3 is 137 Å². The normalized spacial score (nSPS) is 13.0. The average molecular weight is 508 g/mol. The molecule has 2 aromatic rings. The molecule has 1 unspecified atom stereocenters. The van der Waals surface area contributed by atoms with Gasteiger partial charge in [0.25, 0.3) is 0 Å². The zero-order chi connectivity index (χ0) is 13.9. The van der Waals surface area contributed by atoms with Gasteiger partial charge in [-0.3, -0.25) is 0 Å². The van der Waals surface area contributed by atoms with E-state index in [1.807, 2.05) is 60.7 Å². The molecule has 0 saturated heterocycles. The molecular weight excluding hydrogens is 496 g/mol. The summed E-state index contributed by atoms with van der Waals surface area (Å²) in [6.45, 7) is 0. The second-order valence-corrected chi connectivity index (χ2v) is 43.7. The Morgan fingerprint density at radius 3 is 1.79 bits per heavy atom. The molecule has 0 radical (unpaired) electrons. The van der Waals surface area contributed by atoms with Crippen LogP contribution in [0.3, 0.4) is 0 Å². The summed E-state index contributed by atoms with van der Waals surface area (Å²) in [7, 11) is -2.72. The van der Waals surface area contributed by atoms with E-state index in [2.05, 4.69) is 42.0 Å². The molecule has 0 aromatic heterocycles. The topological polar surface area (TPSA) is 17.1 Å². The van der Waals surface area contributed by atoms with E-state index in [-0.39, 0.29) is 10.5 Å². The van der Waals surface area contributed by atoms with Gasteiger partial charge < -0.3 is 0 Å². The number of halogens is 3. The SMILES string of the molecule is O=C(c1ccccc1)[CH](c1ccccc1)[Ge]([Br])([Br])[Br]. The molecule has 0 saturated carbocycles. The van der Waals surface area contributed by atoms with Crippen LogP contribution in [-0.2, 0) is 0 Å². The number of carbonyl (C=O) groups excluding carboxylic acids is 1. The van der Waals surface area contributed by atoms with Crippen LogP contribution in [0.5, 0.6) is 0 Å². The molecule has 2 aromatic carbocycles. The van der Waals surface area contributed by atoms with E-state index in [9.17, 15) is 4.79 Å². The van der Waals surface area contributed by atoms with E-state index in [0.717, 1.165) is 11.1 Å². The predicted octanol–water partition coefficient (Wildman–Crippen LogP) is 5.32. The fourth-order valence-electron chi connectivity index (χ4n) is 1.90. The first-order valence-corrected chi connectivity index (χ1v) is 21.7. The van der Waals surface area contributed by atoms with E-state index in [1.165, 1.54) is 0 Å². The Labute approximate surface area is 136 Å². The van der Waals surface area contributed by atoms with Crippen molar-refractivity contribution in [2.24, 2.45) is 0 Å². The van der Waals surface area contributed by atoms with Gasteiger partial charge in [0, 0.05) is 0 Å². The van der Waals surface area contributed by atoms with E-state index in [4.69, 9.17) is 0 Å². The summed E-state index contributed by atoms with van der Waals surface area (Å²) in [6, 6.07) is 19.3. The van der Waals surface area contributed by atoms with Gasteiger partial charge in [0.1, 0.15) is 0 Å². The molecule has 1 atom stereocenters. The van der Waals surface area contributed by atoms with Gasteiger partial charge in [0.15, 0.2) is 0 Å². The third-order valence-electron chi connectivity index (χ3n) is 2.78. The minimum atomic E-state index is -2.72. The molecule has 0 N–H and O–H groups in total. The summed E-state index contributed by atoms with van der Waals surface area (Å²) in [5.74, 6) is 0.137. The van der Waals surface area contributed by atoms with Gasteiger partial charge in [-0.15, -0.1) is 0 Å². The molecule has 5 heteroatoms. The molecule has 2 rings (SSSR count). The summed E-state index contributed by atoms with van der Waals surface area (Å²) in [4.78, 5) is 12.7. The van der Waals surface area contributed by atoms with Crippen LogP contribution in [0.15, 0.2) is 60.7 Å². The zero-order valence-electron chi connectivity index (χ0n) is 9.89. The van der Waals surface area contributed by atoms with Gasteiger partial charge in [0.05, 0.1) is 0 Å². The molecule has 0 amide bonds. The van der Waals surface area contributed by atoms with Crippen LogP contribution in [0.1, 0.15) is 20.7 Å². The van der Waals surface area contributed by atoms with Crippen molar-refractivity contribution in [3.8, 4) is 0 Å². The van der Waals surface area contributed by atoms with Crippen molar-refractivity contribution in [2.45, 2.75) is 4.75 Å².